The van der Waals surface area contributed by atoms with Crippen LogP contribution in [-0.2, 0) is 27.4 Å². The molecule has 3 N–H and O–H groups in total. The van der Waals surface area contributed by atoms with Gasteiger partial charge in [-0.2, -0.15) is 17.5 Å². The topological polar surface area (TPSA) is 138 Å². The summed E-state index contributed by atoms with van der Waals surface area (Å²) in [6.45, 7) is 3.34. The molecular weight excluding hydrogens is 641 g/mol. The number of aliphatic hydroxyl groups is 1. The molecule has 3 aromatic rings. The van der Waals surface area contributed by atoms with E-state index in [1.165, 1.54) is 47.6 Å². The molecule has 0 aromatic heterocycles. The van der Waals surface area contributed by atoms with Gasteiger partial charge in [-0.05, 0) is 73.7 Å². The van der Waals surface area contributed by atoms with Crippen molar-refractivity contribution in [2.45, 2.75) is 43.5 Å². The van der Waals surface area contributed by atoms with Crippen LogP contribution in [0.15, 0.2) is 71.6 Å². The van der Waals surface area contributed by atoms with Gasteiger partial charge < -0.3 is 30.1 Å². The van der Waals surface area contributed by atoms with Crippen molar-refractivity contribution in [2.24, 2.45) is 5.92 Å². The molecule has 3 atom stereocenters. The van der Waals surface area contributed by atoms with E-state index in [-0.39, 0.29) is 54.2 Å². The molecule has 1 heterocycles. The number of benzene rings is 3. The Hall–Kier alpha value is -4.34. The lowest BCUT2D eigenvalue weighted by Gasteiger charge is -2.33. The Kier molecular flexibility index (Phi) is 11.0. The highest BCUT2D eigenvalue weighted by Crippen LogP contribution is 2.31. The Balaban J connectivity index is 1.58. The number of carbonyl (C=O) groups excluding carboxylic acids is 2. The molecule has 3 amide bonds. The molecule has 0 unspecified atom stereocenters. The van der Waals surface area contributed by atoms with E-state index >= 15 is 0 Å². The van der Waals surface area contributed by atoms with Crippen LogP contribution in [0.1, 0.15) is 25.0 Å². The highest BCUT2D eigenvalue weighted by molar-refractivity contribution is 7.89. The number of hydrogen-bond donors (Lipinski definition) is 3. The minimum atomic E-state index is -4.51. The number of nitrogens with one attached hydrogen (secondary N) is 2. The number of hydrogen-bond acceptors (Lipinski definition) is 7. The molecule has 11 nitrogen and oxygen atoms in total. The van der Waals surface area contributed by atoms with Crippen molar-refractivity contribution >= 4 is 33.3 Å². The number of anilines is 2. The number of fused-ring (bicyclic) bond motifs is 1. The van der Waals surface area contributed by atoms with Gasteiger partial charge in [-0.15, -0.1) is 0 Å². The van der Waals surface area contributed by atoms with Crippen LogP contribution in [0, 0.1) is 5.92 Å². The van der Waals surface area contributed by atoms with E-state index in [4.69, 9.17) is 9.47 Å². The van der Waals surface area contributed by atoms with E-state index in [1.807, 2.05) is 6.92 Å². The van der Waals surface area contributed by atoms with Crippen LogP contribution in [-0.4, -0.2) is 80.7 Å². The Morgan fingerprint density at radius 2 is 1.70 bits per heavy atom. The van der Waals surface area contributed by atoms with Crippen LogP contribution in [0.3, 0.4) is 0 Å². The molecule has 3 aromatic carbocycles. The molecule has 0 bridgehead atoms. The van der Waals surface area contributed by atoms with Crippen LogP contribution in [0.5, 0.6) is 11.5 Å². The molecule has 0 aliphatic carbocycles. The van der Waals surface area contributed by atoms with Crippen LogP contribution in [0.2, 0.25) is 0 Å². The van der Waals surface area contributed by atoms with E-state index in [9.17, 15) is 36.3 Å². The number of sulfonamides is 1. The van der Waals surface area contributed by atoms with Gasteiger partial charge in [0, 0.05) is 36.4 Å². The first-order valence-electron chi connectivity index (χ1n) is 14.7. The monoisotopic (exact) mass is 678 g/mol. The van der Waals surface area contributed by atoms with Crippen molar-refractivity contribution < 1.29 is 45.8 Å². The van der Waals surface area contributed by atoms with Crippen molar-refractivity contribution in [3.05, 3.63) is 77.9 Å². The highest BCUT2D eigenvalue weighted by Gasteiger charge is 2.34. The molecule has 0 fully saturated rings. The number of ether oxygens (including phenoxy) is 2. The summed E-state index contributed by atoms with van der Waals surface area (Å²) < 4.78 is 78.2. The van der Waals surface area contributed by atoms with Crippen LogP contribution < -0.4 is 20.1 Å². The molecule has 0 saturated carbocycles. The fourth-order valence-corrected chi connectivity index (χ4v) is 6.22. The third kappa shape index (κ3) is 8.73. The molecule has 254 valence electrons. The molecule has 1 aliphatic heterocycles. The van der Waals surface area contributed by atoms with Crippen molar-refractivity contribution in [3.8, 4) is 11.5 Å². The maximum atomic E-state index is 13.5. The fourth-order valence-electron chi connectivity index (χ4n) is 5.04. The zero-order valence-electron chi connectivity index (χ0n) is 26.2. The van der Waals surface area contributed by atoms with Gasteiger partial charge in [0.15, 0.2) is 0 Å². The third-order valence-electron chi connectivity index (χ3n) is 7.85. The lowest BCUT2D eigenvalue weighted by Crippen LogP contribution is -2.48. The van der Waals surface area contributed by atoms with Crippen LogP contribution in [0.4, 0.5) is 29.3 Å². The third-order valence-corrected chi connectivity index (χ3v) is 9.69. The Labute approximate surface area is 271 Å². The van der Waals surface area contributed by atoms with E-state index in [1.54, 1.807) is 25.1 Å². The zero-order valence-corrected chi connectivity index (χ0v) is 27.1. The number of alkyl halides is 3. The predicted molar refractivity (Wildman–Crippen MR) is 169 cm³/mol. The zero-order chi connectivity index (χ0) is 34.5. The van der Waals surface area contributed by atoms with E-state index in [0.29, 0.717) is 17.1 Å². The van der Waals surface area contributed by atoms with E-state index in [2.05, 4.69) is 10.6 Å². The Morgan fingerprint density at radius 1 is 1.09 bits per heavy atom. The maximum Gasteiger partial charge on any atom is 0.416 e. The van der Waals surface area contributed by atoms with E-state index in [0.717, 1.165) is 24.3 Å². The van der Waals surface area contributed by atoms with Gasteiger partial charge in [0.2, 0.25) is 15.9 Å². The van der Waals surface area contributed by atoms with Gasteiger partial charge in [-0.1, -0.05) is 6.92 Å². The van der Waals surface area contributed by atoms with Crippen molar-refractivity contribution in [1.82, 2.24) is 9.21 Å². The van der Waals surface area contributed by atoms with Crippen LogP contribution >= 0.6 is 0 Å². The summed E-state index contributed by atoms with van der Waals surface area (Å²) in [6.07, 6.45) is -5.38. The maximum absolute atomic E-state index is 13.5. The van der Waals surface area contributed by atoms with Gasteiger partial charge in [-0.25, -0.2) is 13.2 Å². The average molecular weight is 679 g/mol. The molecular formula is C32H37F3N4O7S. The number of carbonyl (C=O) groups is 2. The first-order valence-corrected chi connectivity index (χ1v) is 16.1. The van der Waals surface area contributed by atoms with E-state index < -0.39 is 39.9 Å². The molecule has 0 radical (unpaired) electrons. The molecule has 15 heteroatoms. The van der Waals surface area contributed by atoms with Crippen LogP contribution in [0.25, 0.3) is 0 Å². The molecule has 0 saturated heterocycles. The van der Waals surface area contributed by atoms with Crippen molar-refractivity contribution in [3.63, 3.8) is 0 Å². The lowest BCUT2D eigenvalue weighted by molar-refractivity contribution is -0.137. The molecule has 4 rings (SSSR count). The quantitative estimate of drug-likeness (QED) is 0.295. The van der Waals surface area contributed by atoms with Gasteiger partial charge >= 0.3 is 12.2 Å². The molecule has 1 aliphatic rings. The summed E-state index contributed by atoms with van der Waals surface area (Å²) in [6, 6.07) is 13.3. The SMILES string of the molecule is COc1ccc(S(=O)(=O)N(C)C[C@H]2Oc3ccc(NC(=O)Nc4ccc(C(F)(F)F)cc4)cc3CC(=O)N([C@@H](C)CO)C[C@H]2C)cc1. The first-order chi connectivity index (χ1) is 22.1. The molecule has 0 spiro atoms. The summed E-state index contributed by atoms with van der Waals surface area (Å²) >= 11 is 0. The van der Waals surface area contributed by atoms with Crippen molar-refractivity contribution in [2.75, 3.05) is 44.5 Å². The minimum absolute atomic E-state index is 0.0629. The minimum Gasteiger partial charge on any atom is -0.497 e. The number of rotatable bonds is 9. The Morgan fingerprint density at radius 3 is 2.30 bits per heavy atom. The number of nitrogens with zero attached hydrogens (tertiary/aromatic N) is 2. The number of urea groups is 1. The van der Waals surface area contributed by atoms with Gasteiger partial charge in [0.25, 0.3) is 0 Å². The highest BCUT2D eigenvalue weighted by atomic mass is 32.2. The second-order valence-electron chi connectivity index (χ2n) is 11.3. The fraction of sp³-hybridized carbons (Fsp3) is 0.375. The van der Waals surface area contributed by atoms with Crippen molar-refractivity contribution in [1.29, 1.82) is 0 Å². The second-order valence-corrected chi connectivity index (χ2v) is 13.4. The number of methoxy groups -OCH3 is 1. The molecule has 47 heavy (non-hydrogen) atoms. The summed E-state index contributed by atoms with van der Waals surface area (Å²) in [5, 5.41) is 15.0. The first kappa shape index (κ1) is 35.5. The second kappa shape index (κ2) is 14.6. The lowest BCUT2D eigenvalue weighted by atomic mass is 10.0. The number of aliphatic hydroxyl groups excluding tert-OH is 1. The predicted octanol–water partition coefficient (Wildman–Crippen LogP) is 4.83. The summed E-state index contributed by atoms with van der Waals surface area (Å²) in [5.74, 6) is 0.122. The van der Waals surface area contributed by atoms with Gasteiger partial charge in [0.1, 0.15) is 17.6 Å². The largest absolute Gasteiger partial charge is 0.497 e. The normalized spacial score (nSPS) is 17.9. The van der Waals surface area contributed by atoms with Gasteiger partial charge in [0.05, 0.1) is 43.2 Å². The summed E-state index contributed by atoms with van der Waals surface area (Å²) in [5.41, 5.74) is -0.0463. The smallest absolute Gasteiger partial charge is 0.416 e. The number of likely N-dealkylation sites (N-methyl/N-ethyl adjacent to an activating group) is 1. The summed E-state index contributed by atoms with van der Waals surface area (Å²) in [7, 11) is -1.01. The summed E-state index contributed by atoms with van der Waals surface area (Å²) in [4.78, 5) is 27.7. The standard InChI is InChI=1S/C32H37F3N4O7S/c1-20-17-39(21(2)19-40)30(41)16-22-15-25(37-31(42)36-24-7-5-23(6-8-24)32(33,34)35)9-14-28(22)46-29(20)18-38(3)47(43,44)27-12-10-26(45-4)11-13-27/h5-15,20-21,29,40H,16-19H2,1-4H3,(H2,36,37,42)/t20-,21+,29-/m1/s1. The Bertz CT molecular complexity index is 1670. The number of halogens is 3. The number of amides is 3. The van der Waals surface area contributed by atoms with Gasteiger partial charge in [-0.3, -0.25) is 4.79 Å². The average Bonchev–Trinajstić information content (AvgIpc) is 3.07.